The van der Waals surface area contributed by atoms with Crippen LogP contribution in [0.2, 0.25) is 0 Å². The Bertz CT molecular complexity index is 967. The number of rotatable bonds is 6. The molecule has 1 amide bonds. The molecule has 7 heteroatoms. The van der Waals surface area contributed by atoms with Crippen molar-refractivity contribution >= 4 is 34.7 Å². The van der Waals surface area contributed by atoms with Crippen molar-refractivity contribution in [3.05, 3.63) is 60.4 Å². The number of carbonyl (C=O) groups excluding carboxylic acids is 1. The van der Waals surface area contributed by atoms with Crippen LogP contribution in [0.4, 0.5) is 17.1 Å². The Balaban J connectivity index is 1.36. The van der Waals surface area contributed by atoms with Gasteiger partial charge >= 0.3 is 0 Å². The lowest BCUT2D eigenvalue weighted by Gasteiger charge is -2.20. The van der Waals surface area contributed by atoms with Gasteiger partial charge in [-0.2, -0.15) is 0 Å². The fourth-order valence-electron chi connectivity index (χ4n) is 3.35. The third-order valence-corrected chi connectivity index (χ3v) is 5.74. The highest BCUT2D eigenvalue weighted by Crippen LogP contribution is 2.34. The number of para-hydroxylation sites is 1. The van der Waals surface area contributed by atoms with Crippen molar-refractivity contribution in [1.29, 1.82) is 0 Å². The minimum absolute atomic E-state index is 0.0532. The molecule has 6 nitrogen and oxygen atoms in total. The zero-order chi connectivity index (χ0) is 19.5. The lowest BCUT2D eigenvalue weighted by molar-refractivity contribution is -0.113. The zero-order valence-corrected chi connectivity index (χ0v) is 16.8. The standard InChI is InChI=1S/C21H23N5OS/c1-15(2)26-14-22-24-21(26)28-13-20(27)23-17-7-9-18(10-8-17)25-12-11-16-5-3-4-6-19(16)25/h3-10,14-15H,11-13H2,1-2H3,(H,23,27). The fourth-order valence-corrected chi connectivity index (χ4v) is 4.19. The molecule has 0 radical (unpaired) electrons. The van der Waals surface area contributed by atoms with Crippen LogP contribution in [-0.4, -0.2) is 33.0 Å². The van der Waals surface area contributed by atoms with Crippen molar-refractivity contribution in [2.24, 2.45) is 0 Å². The van der Waals surface area contributed by atoms with Gasteiger partial charge in [-0.25, -0.2) is 0 Å². The molecule has 0 saturated heterocycles. The van der Waals surface area contributed by atoms with Crippen LogP contribution in [0.5, 0.6) is 0 Å². The number of hydrogen-bond acceptors (Lipinski definition) is 5. The van der Waals surface area contributed by atoms with Crippen LogP contribution in [0.25, 0.3) is 0 Å². The Morgan fingerprint density at radius 2 is 1.96 bits per heavy atom. The molecule has 3 aromatic rings. The maximum Gasteiger partial charge on any atom is 0.234 e. The summed E-state index contributed by atoms with van der Waals surface area (Å²) in [5, 5.41) is 11.7. The van der Waals surface area contributed by atoms with Crippen molar-refractivity contribution in [1.82, 2.24) is 14.8 Å². The second-order valence-corrected chi connectivity index (χ2v) is 7.97. The summed E-state index contributed by atoms with van der Waals surface area (Å²) in [7, 11) is 0. The summed E-state index contributed by atoms with van der Waals surface area (Å²) in [5.74, 6) is 0.245. The molecule has 0 bridgehead atoms. The molecule has 4 rings (SSSR count). The number of fused-ring (bicyclic) bond motifs is 1. The normalized spacial score (nSPS) is 13.0. The van der Waals surface area contributed by atoms with Crippen LogP contribution in [-0.2, 0) is 11.2 Å². The molecule has 0 atom stereocenters. The zero-order valence-electron chi connectivity index (χ0n) is 16.0. The van der Waals surface area contributed by atoms with E-state index in [9.17, 15) is 4.79 Å². The van der Waals surface area contributed by atoms with Crippen LogP contribution < -0.4 is 10.2 Å². The van der Waals surface area contributed by atoms with Crippen molar-refractivity contribution in [2.75, 3.05) is 22.5 Å². The monoisotopic (exact) mass is 393 g/mol. The Morgan fingerprint density at radius 3 is 2.75 bits per heavy atom. The van der Waals surface area contributed by atoms with Crippen LogP contribution in [0.15, 0.2) is 60.0 Å². The average molecular weight is 394 g/mol. The summed E-state index contributed by atoms with van der Waals surface area (Å²) in [6.45, 7) is 5.11. The highest BCUT2D eigenvalue weighted by molar-refractivity contribution is 7.99. The SMILES string of the molecule is CC(C)n1cnnc1SCC(=O)Nc1ccc(N2CCc3ccccc32)cc1. The fraction of sp³-hybridized carbons (Fsp3) is 0.286. The number of amides is 1. The second-order valence-electron chi connectivity index (χ2n) is 7.03. The van der Waals surface area contributed by atoms with Crippen molar-refractivity contribution in [3.63, 3.8) is 0 Å². The minimum Gasteiger partial charge on any atom is -0.341 e. The molecule has 0 fully saturated rings. The average Bonchev–Trinajstić information content (AvgIpc) is 3.34. The first-order valence-electron chi connectivity index (χ1n) is 9.39. The topological polar surface area (TPSA) is 63.1 Å². The van der Waals surface area contributed by atoms with Gasteiger partial charge in [-0.3, -0.25) is 4.79 Å². The van der Waals surface area contributed by atoms with E-state index in [4.69, 9.17) is 0 Å². The lowest BCUT2D eigenvalue weighted by atomic mass is 10.2. The number of aromatic nitrogens is 3. The number of nitrogens with zero attached hydrogens (tertiary/aromatic N) is 4. The van der Waals surface area contributed by atoms with Gasteiger partial charge in [0.25, 0.3) is 0 Å². The molecule has 1 N–H and O–H groups in total. The predicted octanol–water partition coefficient (Wildman–Crippen LogP) is 4.28. The number of thioether (sulfide) groups is 1. The quantitative estimate of drug-likeness (QED) is 0.633. The van der Waals surface area contributed by atoms with Gasteiger partial charge in [0.1, 0.15) is 6.33 Å². The first kappa shape index (κ1) is 18.6. The predicted molar refractivity (Wildman–Crippen MR) is 113 cm³/mol. The number of carbonyl (C=O) groups is 1. The van der Waals surface area contributed by atoms with E-state index < -0.39 is 0 Å². The first-order chi connectivity index (χ1) is 13.6. The van der Waals surface area contributed by atoms with Crippen LogP contribution in [0.1, 0.15) is 25.5 Å². The van der Waals surface area contributed by atoms with Crippen LogP contribution in [0.3, 0.4) is 0 Å². The maximum atomic E-state index is 12.3. The van der Waals surface area contributed by atoms with E-state index in [1.807, 2.05) is 16.7 Å². The number of hydrogen-bond donors (Lipinski definition) is 1. The van der Waals surface area contributed by atoms with Gasteiger partial charge < -0.3 is 14.8 Å². The summed E-state index contributed by atoms with van der Waals surface area (Å²) in [6.07, 6.45) is 2.76. The molecule has 0 spiro atoms. The molecule has 0 saturated carbocycles. The van der Waals surface area contributed by atoms with Crippen LogP contribution in [0, 0.1) is 0 Å². The molecular weight excluding hydrogens is 370 g/mol. The summed E-state index contributed by atoms with van der Waals surface area (Å²) < 4.78 is 1.96. The Kier molecular flexibility index (Phi) is 5.34. The third-order valence-electron chi connectivity index (χ3n) is 4.78. The van der Waals surface area contributed by atoms with E-state index in [2.05, 4.69) is 70.7 Å². The van der Waals surface area contributed by atoms with Crippen LogP contribution >= 0.6 is 11.8 Å². The maximum absolute atomic E-state index is 12.3. The molecule has 28 heavy (non-hydrogen) atoms. The van der Waals surface area contributed by atoms with E-state index in [1.165, 1.54) is 23.0 Å². The Hall–Kier alpha value is -2.80. The summed E-state index contributed by atoms with van der Waals surface area (Å²) >= 11 is 1.39. The molecule has 2 aromatic carbocycles. The van der Waals surface area contributed by atoms with E-state index in [0.29, 0.717) is 5.75 Å². The molecule has 144 valence electrons. The largest absolute Gasteiger partial charge is 0.341 e. The Labute approximate surface area is 169 Å². The van der Waals surface area contributed by atoms with Gasteiger partial charge in [0, 0.05) is 29.6 Å². The summed E-state index contributed by atoms with van der Waals surface area (Å²) in [6, 6.07) is 16.8. The van der Waals surface area contributed by atoms with Gasteiger partial charge in [-0.15, -0.1) is 10.2 Å². The van der Waals surface area contributed by atoms with Gasteiger partial charge in [0.15, 0.2) is 5.16 Å². The number of benzene rings is 2. The first-order valence-corrected chi connectivity index (χ1v) is 10.4. The minimum atomic E-state index is -0.0532. The van der Waals surface area contributed by atoms with Gasteiger partial charge in [0.05, 0.1) is 5.75 Å². The molecule has 1 aliphatic rings. The van der Waals surface area contributed by atoms with E-state index >= 15 is 0 Å². The molecular formula is C21H23N5OS. The molecule has 0 aliphatic carbocycles. The molecule has 0 unspecified atom stereocenters. The molecule has 2 heterocycles. The van der Waals surface area contributed by atoms with E-state index in [0.717, 1.165) is 29.5 Å². The second kappa shape index (κ2) is 8.06. The van der Waals surface area contributed by atoms with Crippen molar-refractivity contribution in [3.8, 4) is 0 Å². The number of nitrogens with one attached hydrogen (secondary N) is 1. The number of anilines is 3. The Morgan fingerprint density at radius 1 is 1.18 bits per heavy atom. The van der Waals surface area contributed by atoms with Gasteiger partial charge in [-0.1, -0.05) is 30.0 Å². The van der Waals surface area contributed by atoms with E-state index in [1.54, 1.807) is 6.33 Å². The lowest BCUT2D eigenvalue weighted by Crippen LogP contribution is -2.16. The van der Waals surface area contributed by atoms with Crippen molar-refractivity contribution in [2.45, 2.75) is 31.5 Å². The van der Waals surface area contributed by atoms with Gasteiger partial charge in [0.2, 0.25) is 5.91 Å². The third kappa shape index (κ3) is 3.89. The molecule has 1 aromatic heterocycles. The van der Waals surface area contributed by atoms with Gasteiger partial charge in [-0.05, 0) is 56.2 Å². The summed E-state index contributed by atoms with van der Waals surface area (Å²) in [4.78, 5) is 14.6. The van der Waals surface area contributed by atoms with Crippen molar-refractivity contribution < 1.29 is 4.79 Å². The summed E-state index contributed by atoms with van der Waals surface area (Å²) in [5.41, 5.74) is 4.59. The highest BCUT2D eigenvalue weighted by atomic mass is 32.2. The smallest absolute Gasteiger partial charge is 0.234 e. The highest BCUT2D eigenvalue weighted by Gasteiger charge is 2.19. The molecule has 1 aliphatic heterocycles. The van der Waals surface area contributed by atoms with E-state index in [-0.39, 0.29) is 11.9 Å².